The normalized spacial score (nSPS) is 20.2. The lowest BCUT2D eigenvalue weighted by Gasteiger charge is -2.43. The van der Waals surface area contributed by atoms with Gasteiger partial charge in [-0.2, -0.15) is 0 Å². The molecule has 4 rings (SSSR count). The average Bonchev–Trinajstić information content (AvgIpc) is 3.29. The maximum absolute atomic E-state index is 14.2. The van der Waals surface area contributed by atoms with Gasteiger partial charge in [-0.15, -0.1) is 0 Å². The average molecular weight is 530 g/mol. The van der Waals surface area contributed by atoms with E-state index in [0.29, 0.717) is 70.0 Å². The molecule has 11 nitrogen and oxygen atoms in total. The molecule has 1 aromatic heterocycles. The number of morpholine rings is 1. The zero-order valence-electron chi connectivity index (χ0n) is 22.3. The summed E-state index contributed by atoms with van der Waals surface area (Å²) in [7, 11) is 0. The fourth-order valence-electron chi connectivity index (χ4n) is 5.44. The number of aliphatic hydroxyl groups excluding tert-OH is 1. The highest BCUT2D eigenvalue weighted by molar-refractivity contribution is 5.95. The van der Waals surface area contributed by atoms with E-state index in [-0.39, 0.29) is 37.4 Å². The molecule has 3 heterocycles. The number of unbranched alkanes of at least 4 members (excludes halogenated alkanes) is 1. The zero-order chi connectivity index (χ0) is 27.2. The standard InChI is InChI=1S/C27H39N5O6/c1-19(2)16-32(26(35)24-28-22-7-3-4-8-23(22)31(24)9-5-6-12-33)21-15-20(17-30(18-21)27(36)37)25(34)29-10-13-38-14-11-29/h3-4,7-8,19-21,33H,5-6,9-18H2,1-2H3,(H,36,37)/t20-,21+/m1/s1. The van der Waals surface area contributed by atoms with Gasteiger partial charge >= 0.3 is 6.09 Å². The Morgan fingerprint density at radius 2 is 1.84 bits per heavy atom. The van der Waals surface area contributed by atoms with Crippen LogP contribution in [0, 0.1) is 11.8 Å². The van der Waals surface area contributed by atoms with Crippen LogP contribution in [0.4, 0.5) is 4.79 Å². The van der Waals surface area contributed by atoms with E-state index in [1.165, 1.54) is 4.90 Å². The molecule has 1 aromatic carbocycles. The lowest BCUT2D eigenvalue weighted by molar-refractivity contribution is -0.142. The largest absolute Gasteiger partial charge is 0.465 e. The van der Waals surface area contributed by atoms with Gasteiger partial charge in [-0.3, -0.25) is 9.59 Å². The number of piperidine rings is 1. The van der Waals surface area contributed by atoms with Crippen molar-refractivity contribution < 1.29 is 29.3 Å². The first kappa shape index (κ1) is 27.8. The number of ether oxygens (including phenoxy) is 1. The Labute approximate surface area is 223 Å². The molecule has 2 fully saturated rings. The second-order valence-electron chi connectivity index (χ2n) is 10.6. The smallest absolute Gasteiger partial charge is 0.407 e. The summed E-state index contributed by atoms with van der Waals surface area (Å²) >= 11 is 0. The second kappa shape index (κ2) is 12.6. The van der Waals surface area contributed by atoms with Crippen molar-refractivity contribution in [3.63, 3.8) is 0 Å². The van der Waals surface area contributed by atoms with E-state index in [0.717, 1.165) is 5.52 Å². The molecule has 2 saturated heterocycles. The van der Waals surface area contributed by atoms with E-state index in [2.05, 4.69) is 4.98 Å². The molecule has 208 valence electrons. The number of hydrogen-bond acceptors (Lipinski definition) is 6. The number of amides is 3. The summed E-state index contributed by atoms with van der Waals surface area (Å²) in [4.78, 5) is 49.1. The van der Waals surface area contributed by atoms with Crippen LogP contribution >= 0.6 is 0 Å². The molecule has 38 heavy (non-hydrogen) atoms. The molecule has 0 saturated carbocycles. The van der Waals surface area contributed by atoms with Crippen molar-refractivity contribution in [3.8, 4) is 0 Å². The molecule has 2 aliphatic rings. The molecule has 0 bridgehead atoms. The van der Waals surface area contributed by atoms with Crippen LogP contribution in [0.1, 0.15) is 43.7 Å². The van der Waals surface area contributed by atoms with Gasteiger partial charge < -0.3 is 34.2 Å². The molecule has 2 aromatic rings. The monoisotopic (exact) mass is 529 g/mol. The van der Waals surface area contributed by atoms with Crippen molar-refractivity contribution in [2.75, 3.05) is 52.5 Å². The highest BCUT2D eigenvalue weighted by Gasteiger charge is 2.40. The Kier molecular flexibility index (Phi) is 9.22. The number of likely N-dealkylation sites (tertiary alicyclic amines) is 1. The first-order chi connectivity index (χ1) is 18.3. The highest BCUT2D eigenvalue weighted by atomic mass is 16.5. The SMILES string of the molecule is CC(C)CN(C(=O)c1nc2ccccc2n1CCCCO)[C@H]1C[C@@H](C(=O)N2CCOCC2)CN(C(=O)O)C1. The third-order valence-electron chi connectivity index (χ3n) is 7.27. The first-order valence-corrected chi connectivity index (χ1v) is 13.5. The summed E-state index contributed by atoms with van der Waals surface area (Å²) < 4.78 is 7.27. The van der Waals surface area contributed by atoms with Crippen molar-refractivity contribution in [1.82, 2.24) is 24.3 Å². The lowest BCUT2D eigenvalue weighted by Crippen LogP contribution is -2.58. The van der Waals surface area contributed by atoms with Gasteiger partial charge in [0.15, 0.2) is 5.82 Å². The van der Waals surface area contributed by atoms with Gasteiger partial charge in [-0.1, -0.05) is 26.0 Å². The number of carboxylic acid groups (broad SMARTS) is 1. The highest BCUT2D eigenvalue weighted by Crippen LogP contribution is 2.27. The Bertz CT molecular complexity index is 1130. The maximum Gasteiger partial charge on any atom is 0.407 e. The molecule has 0 aliphatic carbocycles. The number of aromatic nitrogens is 2. The van der Waals surface area contributed by atoms with Crippen molar-refractivity contribution in [1.29, 1.82) is 0 Å². The number of hydrogen-bond donors (Lipinski definition) is 2. The van der Waals surface area contributed by atoms with Crippen LogP contribution in [-0.4, -0.2) is 111 Å². The molecular formula is C27H39N5O6. The Morgan fingerprint density at radius 1 is 1.11 bits per heavy atom. The Hall–Kier alpha value is -3.18. The summed E-state index contributed by atoms with van der Waals surface area (Å²) in [5.41, 5.74) is 1.55. The third kappa shape index (κ3) is 6.27. The van der Waals surface area contributed by atoms with E-state index < -0.39 is 18.1 Å². The van der Waals surface area contributed by atoms with Gasteiger partial charge in [0.1, 0.15) is 0 Å². The predicted molar refractivity (Wildman–Crippen MR) is 141 cm³/mol. The first-order valence-electron chi connectivity index (χ1n) is 13.5. The van der Waals surface area contributed by atoms with Crippen LogP contribution in [0.3, 0.4) is 0 Å². The summed E-state index contributed by atoms with van der Waals surface area (Å²) in [5.74, 6) is -0.465. The van der Waals surface area contributed by atoms with Crippen LogP contribution in [0.5, 0.6) is 0 Å². The molecular weight excluding hydrogens is 490 g/mol. The van der Waals surface area contributed by atoms with Gasteiger partial charge in [-0.05, 0) is 37.3 Å². The molecule has 3 amide bonds. The van der Waals surface area contributed by atoms with Crippen molar-refractivity contribution in [3.05, 3.63) is 30.1 Å². The molecule has 2 N–H and O–H groups in total. The fourth-order valence-corrected chi connectivity index (χ4v) is 5.44. The molecule has 11 heteroatoms. The molecule has 0 spiro atoms. The number of imidazole rings is 1. The number of aliphatic hydroxyl groups is 1. The molecule has 0 radical (unpaired) electrons. The maximum atomic E-state index is 14.2. The van der Waals surface area contributed by atoms with Crippen molar-refractivity contribution >= 4 is 28.9 Å². The quantitative estimate of drug-likeness (QED) is 0.476. The zero-order valence-corrected chi connectivity index (χ0v) is 22.3. The summed E-state index contributed by atoms with van der Waals surface area (Å²) in [6, 6.07) is 7.11. The topological polar surface area (TPSA) is 128 Å². The predicted octanol–water partition coefficient (Wildman–Crippen LogP) is 2.13. The fraction of sp³-hybridized carbons (Fsp3) is 0.630. The van der Waals surface area contributed by atoms with Gasteiger partial charge in [0, 0.05) is 45.9 Å². The van der Waals surface area contributed by atoms with Gasteiger partial charge in [-0.25, -0.2) is 9.78 Å². The van der Waals surface area contributed by atoms with E-state index in [4.69, 9.17) is 4.74 Å². The minimum atomic E-state index is -1.09. The lowest BCUT2D eigenvalue weighted by atomic mass is 9.91. The van der Waals surface area contributed by atoms with Gasteiger partial charge in [0.2, 0.25) is 5.91 Å². The minimum absolute atomic E-state index is 0.0705. The van der Waals surface area contributed by atoms with Crippen LogP contribution in [0.15, 0.2) is 24.3 Å². The summed E-state index contributed by atoms with van der Waals surface area (Å²) in [6.45, 7) is 7.20. The van der Waals surface area contributed by atoms with E-state index in [1.54, 1.807) is 9.80 Å². The Balaban J connectivity index is 1.66. The van der Waals surface area contributed by atoms with Crippen LogP contribution in [-0.2, 0) is 16.1 Å². The molecule has 0 unspecified atom stereocenters. The van der Waals surface area contributed by atoms with Crippen LogP contribution in [0.2, 0.25) is 0 Å². The van der Waals surface area contributed by atoms with Gasteiger partial charge in [0.05, 0.1) is 36.2 Å². The number of rotatable bonds is 9. The van der Waals surface area contributed by atoms with Crippen LogP contribution in [0.25, 0.3) is 11.0 Å². The van der Waals surface area contributed by atoms with Crippen molar-refractivity contribution in [2.45, 2.75) is 45.7 Å². The number of aryl methyl sites for hydroxylation is 1. The number of carbonyl (C=O) groups is 3. The Morgan fingerprint density at radius 3 is 2.53 bits per heavy atom. The molecule has 2 atom stereocenters. The second-order valence-corrected chi connectivity index (χ2v) is 10.6. The number of carbonyl (C=O) groups excluding carboxylic acids is 2. The number of benzene rings is 1. The third-order valence-corrected chi connectivity index (χ3v) is 7.27. The van der Waals surface area contributed by atoms with E-state index in [1.807, 2.05) is 42.7 Å². The van der Waals surface area contributed by atoms with Crippen LogP contribution < -0.4 is 0 Å². The summed E-state index contributed by atoms with van der Waals surface area (Å²) in [6.07, 6.45) is 0.594. The number of nitrogens with zero attached hydrogens (tertiary/aromatic N) is 5. The van der Waals surface area contributed by atoms with Gasteiger partial charge in [0.25, 0.3) is 5.91 Å². The van der Waals surface area contributed by atoms with Crippen molar-refractivity contribution in [2.24, 2.45) is 11.8 Å². The van der Waals surface area contributed by atoms with E-state index >= 15 is 0 Å². The minimum Gasteiger partial charge on any atom is -0.465 e. The summed E-state index contributed by atoms with van der Waals surface area (Å²) in [5, 5.41) is 19.2. The number of fused-ring (bicyclic) bond motifs is 1. The molecule has 2 aliphatic heterocycles. The number of para-hydroxylation sites is 2. The van der Waals surface area contributed by atoms with E-state index in [9.17, 15) is 24.6 Å².